The molecule has 0 spiro atoms. The van der Waals surface area contributed by atoms with E-state index < -0.39 is 10.0 Å². The minimum absolute atomic E-state index is 0.0767. The van der Waals surface area contributed by atoms with E-state index in [0.717, 1.165) is 16.9 Å². The van der Waals surface area contributed by atoms with Crippen molar-refractivity contribution in [2.75, 3.05) is 13.1 Å². The summed E-state index contributed by atoms with van der Waals surface area (Å²) >= 11 is 1.54. The fourth-order valence-electron chi connectivity index (χ4n) is 2.65. The number of nitrogens with zero attached hydrogens (tertiary/aromatic N) is 1. The maximum Gasteiger partial charge on any atom is 0.244 e. The predicted molar refractivity (Wildman–Crippen MR) is 88.2 cm³/mol. The first-order valence-electron chi connectivity index (χ1n) is 7.44. The maximum absolute atomic E-state index is 13.0. The van der Waals surface area contributed by atoms with Crippen LogP contribution in [0.2, 0.25) is 0 Å². The van der Waals surface area contributed by atoms with Gasteiger partial charge < -0.3 is 5.32 Å². The molecule has 1 aliphatic rings. The molecule has 0 unspecified atom stereocenters. The van der Waals surface area contributed by atoms with Gasteiger partial charge in [0, 0.05) is 30.6 Å². The Kier molecular flexibility index (Phi) is 4.83. The second-order valence-corrected chi connectivity index (χ2v) is 9.80. The smallest absolute Gasteiger partial charge is 0.244 e. The van der Waals surface area contributed by atoms with E-state index in [-0.39, 0.29) is 5.41 Å². The Labute approximate surface area is 132 Å². The predicted octanol–water partition coefficient (Wildman–Crippen LogP) is 2.98. The van der Waals surface area contributed by atoms with Gasteiger partial charge in [-0.15, -0.1) is 11.3 Å². The fraction of sp³-hybridized carbons (Fsp3) is 0.733. The van der Waals surface area contributed by atoms with Crippen molar-refractivity contribution in [1.82, 2.24) is 9.62 Å². The van der Waals surface area contributed by atoms with Gasteiger partial charge in [0.25, 0.3) is 0 Å². The average molecular weight is 331 g/mol. The highest BCUT2D eigenvalue weighted by molar-refractivity contribution is 7.89. The van der Waals surface area contributed by atoms with Crippen LogP contribution in [-0.2, 0) is 16.6 Å². The van der Waals surface area contributed by atoms with E-state index in [0.29, 0.717) is 30.6 Å². The minimum atomic E-state index is -3.37. The molecule has 0 radical (unpaired) electrons. The third-order valence-corrected chi connectivity index (χ3v) is 7.21. The lowest BCUT2D eigenvalue weighted by atomic mass is 9.93. The molecule has 0 bridgehead atoms. The van der Waals surface area contributed by atoms with Crippen molar-refractivity contribution in [3.8, 4) is 0 Å². The van der Waals surface area contributed by atoms with Crippen molar-refractivity contribution in [3.63, 3.8) is 0 Å². The van der Waals surface area contributed by atoms with Crippen LogP contribution in [0.5, 0.6) is 0 Å². The molecule has 120 valence electrons. The summed E-state index contributed by atoms with van der Waals surface area (Å²) in [5, 5.41) is 5.27. The standard InChI is InChI=1S/C15H26N2O2S2/c1-11(2)16-8-13-14(12(3)9-20-13)21(18,19)17-7-6-15(4,5)10-17/h9,11,16H,6-8,10H2,1-5H3. The Balaban J connectivity index is 2.30. The summed E-state index contributed by atoms with van der Waals surface area (Å²) in [5.74, 6) is 0. The molecule has 4 nitrogen and oxygen atoms in total. The van der Waals surface area contributed by atoms with Crippen LogP contribution in [0.25, 0.3) is 0 Å². The molecule has 1 aliphatic heterocycles. The normalized spacial score (nSPS) is 19.5. The van der Waals surface area contributed by atoms with Gasteiger partial charge in [0.15, 0.2) is 0 Å². The molecule has 0 amide bonds. The second-order valence-electron chi connectivity index (χ2n) is 6.96. The van der Waals surface area contributed by atoms with Crippen molar-refractivity contribution in [1.29, 1.82) is 0 Å². The number of hydrogen-bond donors (Lipinski definition) is 1. The molecule has 6 heteroatoms. The Morgan fingerprint density at radius 1 is 1.43 bits per heavy atom. The number of aryl methyl sites for hydroxylation is 1. The van der Waals surface area contributed by atoms with Gasteiger partial charge in [0.1, 0.15) is 4.90 Å². The summed E-state index contributed by atoms with van der Waals surface area (Å²) in [6.07, 6.45) is 0.926. The first-order valence-corrected chi connectivity index (χ1v) is 9.76. The number of hydrogen-bond acceptors (Lipinski definition) is 4. The van der Waals surface area contributed by atoms with Crippen molar-refractivity contribution in [2.24, 2.45) is 5.41 Å². The van der Waals surface area contributed by atoms with Crippen LogP contribution in [0.3, 0.4) is 0 Å². The van der Waals surface area contributed by atoms with Gasteiger partial charge in [-0.3, -0.25) is 0 Å². The minimum Gasteiger partial charge on any atom is -0.310 e. The van der Waals surface area contributed by atoms with Crippen molar-refractivity contribution in [2.45, 2.75) is 58.5 Å². The summed E-state index contributed by atoms with van der Waals surface area (Å²) in [5.41, 5.74) is 0.943. The van der Waals surface area contributed by atoms with Gasteiger partial charge in [0.05, 0.1) is 0 Å². The Hall–Kier alpha value is -0.430. The van der Waals surface area contributed by atoms with Crippen molar-refractivity contribution < 1.29 is 8.42 Å². The first kappa shape index (κ1) is 16.9. The third-order valence-electron chi connectivity index (χ3n) is 3.90. The van der Waals surface area contributed by atoms with Gasteiger partial charge in [-0.2, -0.15) is 4.31 Å². The summed E-state index contributed by atoms with van der Waals surface area (Å²) in [6.45, 7) is 12.1. The Morgan fingerprint density at radius 3 is 2.62 bits per heavy atom. The van der Waals surface area contributed by atoms with E-state index in [2.05, 4.69) is 33.0 Å². The van der Waals surface area contributed by atoms with E-state index in [9.17, 15) is 8.42 Å². The molecule has 0 atom stereocenters. The zero-order valence-corrected chi connectivity index (χ0v) is 15.2. The van der Waals surface area contributed by atoms with Crippen LogP contribution >= 0.6 is 11.3 Å². The number of rotatable bonds is 5. The molecule has 0 aliphatic carbocycles. The van der Waals surface area contributed by atoms with Crippen molar-refractivity contribution in [3.05, 3.63) is 15.8 Å². The SMILES string of the molecule is Cc1csc(CNC(C)C)c1S(=O)(=O)N1CCC(C)(C)C1. The van der Waals surface area contributed by atoms with Gasteiger partial charge in [-0.25, -0.2) is 8.42 Å². The molecule has 1 N–H and O–H groups in total. The molecule has 1 aromatic rings. The summed E-state index contributed by atoms with van der Waals surface area (Å²) in [7, 11) is -3.37. The van der Waals surface area contributed by atoms with E-state index in [1.54, 1.807) is 4.31 Å². The molecular formula is C15H26N2O2S2. The molecule has 2 rings (SSSR count). The molecule has 1 saturated heterocycles. The lowest BCUT2D eigenvalue weighted by Crippen LogP contribution is -2.31. The highest BCUT2D eigenvalue weighted by Gasteiger charge is 2.38. The van der Waals surface area contributed by atoms with Crippen LogP contribution < -0.4 is 5.32 Å². The molecular weight excluding hydrogens is 304 g/mol. The van der Waals surface area contributed by atoms with Crippen molar-refractivity contribution >= 4 is 21.4 Å². The Bertz CT molecular complexity index is 603. The number of nitrogens with one attached hydrogen (secondary N) is 1. The molecule has 1 fully saturated rings. The van der Waals surface area contributed by atoms with E-state index in [4.69, 9.17) is 0 Å². The second kappa shape index (κ2) is 5.99. The molecule has 1 aromatic heterocycles. The van der Waals surface area contributed by atoms with Crippen LogP contribution in [0, 0.1) is 12.3 Å². The van der Waals surface area contributed by atoms with Gasteiger partial charge in [0.2, 0.25) is 10.0 Å². The van der Waals surface area contributed by atoms with Gasteiger partial charge in [-0.05, 0) is 29.7 Å². The first-order chi connectivity index (χ1) is 9.63. The van der Waals surface area contributed by atoms with E-state index >= 15 is 0 Å². The van der Waals surface area contributed by atoms with Crippen LogP contribution in [0.15, 0.2) is 10.3 Å². The van der Waals surface area contributed by atoms with E-state index in [1.807, 2.05) is 12.3 Å². The molecule has 0 saturated carbocycles. The molecule has 21 heavy (non-hydrogen) atoms. The van der Waals surface area contributed by atoms with Gasteiger partial charge >= 0.3 is 0 Å². The highest BCUT2D eigenvalue weighted by Crippen LogP contribution is 2.36. The van der Waals surface area contributed by atoms with Crippen LogP contribution in [0.1, 0.15) is 44.6 Å². The van der Waals surface area contributed by atoms with Gasteiger partial charge in [-0.1, -0.05) is 27.7 Å². The maximum atomic E-state index is 13.0. The number of thiophene rings is 1. The summed E-state index contributed by atoms with van der Waals surface area (Å²) < 4.78 is 27.6. The average Bonchev–Trinajstić information content (AvgIpc) is 2.90. The molecule has 2 heterocycles. The van der Waals surface area contributed by atoms with Crippen LogP contribution in [0.4, 0.5) is 0 Å². The zero-order chi connectivity index (χ0) is 15.8. The highest BCUT2D eigenvalue weighted by atomic mass is 32.2. The monoisotopic (exact) mass is 330 g/mol. The summed E-state index contributed by atoms with van der Waals surface area (Å²) in [4.78, 5) is 1.45. The zero-order valence-electron chi connectivity index (χ0n) is 13.6. The Morgan fingerprint density at radius 2 is 2.10 bits per heavy atom. The topological polar surface area (TPSA) is 49.4 Å². The summed E-state index contributed by atoms with van der Waals surface area (Å²) in [6, 6.07) is 0.341. The van der Waals surface area contributed by atoms with Crippen LogP contribution in [-0.4, -0.2) is 31.9 Å². The fourth-order valence-corrected chi connectivity index (χ4v) is 5.99. The quantitative estimate of drug-likeness (QED) is 0.903. The lowest BCUT2D eigenvalue weighted by Gasteiger charge is -2.20. The van der Waals surface area contributed by atoms with E-state index in [1.165, 1.54) is 11.3 Å². The third kappa shape index (κ3) is 3.67. The molecule has 0 aromatic carbocycles. The number of sulfonamides is 1. The lowest BCUT2D eigenvalue weighted by molar-refractivity contribution is 0.375. The largest absolute Gasteiger partial charge is 0.310 e.